The standard InChI is InChI=1S/C14H15FN4O/c1-3-16-13-5-4-12(18-19-13)14(20)17-11-7-9(2)6-10(15)8-11/h4-8H,3H2,1-2H3,(H,16,19)(H,17,20). The summed E-state index contributed by atoms with van der Waals surface area (Å²) in [5, 5.41) is 13.3. The number of benzene rings is 1. The summed E-state index contributed by atoms with van der Waals surface area (Å²) >= 11 is 0. The summed E-state index contributed by atoms with van der Waals surface area (Å²) < 4.78 is 13.2. The van der Waals surface area contributed by atoms with Crippen molar-refractivity contribution in [2.45, 2.75) is 13.8 Å². The number of aromatic nitrogens is 2. The molecule has 0 radical (unpaired) electrons. The first-order valence-corrected chi connectivity index (χ1v) is 6.24. The Labute approximate surface area is 116 Å². The van der Waals surface area contributed by atoms with E-state index in [0.29, 0.717) is 11.5 Å². The zero-order chi connectivity index (χ0) is 14.5. The van der Waals surface area contributed by atoms with Gasteiger partial charge in [-0.15, -0.1) is 10.2 Å². The Morgan fingerprint density at radius 2 is 2.05 bits per heavy atom. The second kappa shape index (κ2) is 6.10. The number of nitrogens with one attached hydrogen (secondary N) is 2. The maximum Gasteiger partial charge on any atom is 0.276 e. The fraction of sp³-hybridized carbons (Fsp3) is 0.214. The van der Waals surface area contributed by atoms with Crippen molar-refractivity contribution in [3.05, 3.63) is 47.4 Å². The number of rotatable bonds is 4. The third-order valence-electron chi connectivity index (χ3n) is 2.56. The Morgan fingerprint density at radius 1 is 1.25 bits per heavy atom. The number of anilines is 2. The molecule has 6 heteroatoms. The van der Waals surface area contributed by atoms with Gasteiger partial charge in [-0.3, -0.25) is 4.79 Å². The SMILES string of the molecule is CCNc1ccc(C(=O)Nc2cc(C)cc(F)c2)nn1. The molecule has 0 aliphatic carbocycles. The zero-order valence-electron chi connectivity index (χ0n) is 11.3. The van der Waals surface area contributed by atoms with E-state index in [-0.39, 0.29) is 5.69 Å². The van der Waals surface area contributed by atoms with Crippen molar-refractivity contribution in [3.63, 3.8) is 0 Å². The topological polar surface area (TPSA) is 66.9 Å². The van der Waals surface area contributed by atoms with Gasteiger partial charge in [0.1, 0.15) is 11.6 Å². The summed E-state index contributed by atoms with van der Waals surface area (Å²) in [5.74, 6) is -0.218. The van der Waals surface area contributed by atoms with Crippen molar-refractivity contribution in [2.75, 3.05) is 17.2 Å². The number of carbonyl (C=O) groups excluding carboxylic acids is 1. The molecule has 2 rings (SSSR count). The lowest BCUT2D eigenvalue weighted by atomic mass is 10.2. The molecule has 1 aromatic heterocycles. The molecular weight excluding hydrogens is 259 g/mol. The minimum absolute atomic E-state index is 0.175. The van der Waals surface area contributed by atoms with Crippen LogP contribution in [0.4, 0.5) is 15.9 Å². The highest BCUT2D eigenvalue weighted by Crippen LogP contribution is 2.14. The highest BCUT2D eigenvalue weighted by atomic mass is 19.1. The van der Waals surface area contributed by atoms with Gasteiger partial charge in [-0.05, 0) is 49.7 Å². The zero-order valence-corrected chi connectivity index (χ0v) is 11.3. The van der Waals surface area contributed by atoms with Gasteiger partial charge in [0, 0.05) is 12.2 Å². The molecular formula is C14H15FN4O. The predicted octanol–water partition coefficient (Wildman–Crippen LogP) is 2.61. The Bertz CT molecular complexity index is 593. The van der Waals surface area contributed by atoms with Crippen molar-refractivity contribution in [1.82, 2.24) is 10.2 Å². The van der Waals surface area contributed by atoms with E-state index in [4.69, 9.17) is 0 Å². The molecule has 20 heavy (non-hydrogen) atoms. The van der Waals surface area contributed by atoms with Crippen molar-refractivity contribution < 1.29 is 9.18 Å². The van der Waals surface area contributed by atoms with Crippen LogP contribution in [-0.2, 0) is 0 Å². The van der Waals surface area contributed by atoms with Crippen LogP contribution in [0.3, 0.4) is 0 Å². The van der Waals surface area contributed by atoms with E-state index in [1.807, 2.05) is 6.92 Å². The van der Waals surface area contributed by atoms with Crippen LogP contribution in [0.15, 0.2) is 30.3 Å². The van der Waals surface area contributed by atoms with Crippen LogP contribution in [0.2, 0.25) is 0 Å². The second-order valence-corrected chi connectivity index (χ2v) is 4.31. The second-order valence-electron chi connectivity index (χ2n) is 4.31. The highest BCUT2D eigenvalue weighted by Gasteiger charge is 2.09. The number of halogens is 1. The first-order valence-electron chi connectivity index (χ1n) is 6.24. The van der Waals surface area contributed by atoms with Gasteiger partial charge in [0.15, 0.2) is 5.69 Å². The monoisotopic (exact) mass is 274 g/mol. The first kappa shape index (κ1) is 13.9. The third-order valence-corrected chi connectivity index (χ3v) is 2.56. The third kappa shape index (κ3) is 3.50. The van der Waals surface area contributed by atoms with Gasteiger partial charge >= 0.3 is 0 Å². The average molecular weight is 274 g/mol. The van der Waals surface area contributed by atoms with E-state index in [2.05, 4.69) is 20.8 Å². The number of aryl methyl sites for hydroxylation is 1. The van der Waals surface area contributed by atoms with E-state index < -0.39 is 11.7 Å². The van der Waals surface area contributed by atoms with E-state index in [0.717, 1.165) is 12.1 Å². The molecule has 0 atom stereocenters. The van der Waals surface area contributed by atoms with Crippen molar-refractivity contribution >= 4 is 17.4 Å². The number of amides is 1. The molecule has 1 heterocycles. The maximum atomic E-state index is 13.2. The Kier molecular flexibility index (Phi) is 4.24. The fourth-order valence-corrected chi connectivity index (χ4v) is 1.73. The summed E-state index contributed by atoms with van der Waals surface area (Å²) in [7, 11) is 0. The molecule has 5 nitrogen and oxygen atoms in total. The van der Waals surface area contributed by atoms with Gasteiger partial charge in [-0.2, -0.15) is 0 Å². The van der Waals surface area contributed by atoms with Crippen molar-refractivity contribution in [3.8, 4) is 0 Å². The van der Waals surface area contributed by atoms with Gasteiger partial charge < -0.3 is 10.6 Å². The minimum Gasteiger partial charge on any atom is -0.369 e. The van der Waals surface area contributed by atoms with Gasteiger partial charge in [-0.1, -0.05) is 0 Å². The van der Waals surface area contributed by atoms with Crippen molar-refractivity contribution in [2.24, 2.45) is 0 Å². The van der Waals surface area contributed by atoms with E-state index in [9.17, 15) is 9.18 Å². The molecule has 0 bridgehead atoms. The predicted molar refractivity (Wildman–Crippen MR) is 75.3 cm³/mol. The Hall–Kier alpha value is -2.50. The molecule has 0 spiro atoms. The molecule has 0 aliphatic rings. The maximum absolute atomic E-state index is 13.2. The molecule has 104 valence electrons. The minimum atomic E-state index is -0.425. The number of hydrogen-bond acceptors (Lipinski definition) is 4. The van der Waals surface area contributed by atoms with E-state index in [1.165, 1.54) is 12.1 Å². The molecule has 0 saturated heterocycles. The molecule has 2 N–H and O–H groups in total. The lowest BCUT2D eigenvalue weighted by Crippen LogP contribution is -2.15. The quantitative estimate of drug-likeness (QED) is 0.899. The molecule has 2 aromatic rings. The van der Waals surface area contributed by atoms with Gasteiger partial charge in [-0.25, -0.2) is 4.39 Å². The summed E-state index contributed by atoms with van der Waals surface area (Å²) in [4.78, 5) is 11.9. The highest BCUT2D eigenvalue weighted by molar-refractivity contribution is 6.02. The fourth-order valence-electron chi connectivity index (χ4n) is 1.73. The lowest BCUT2D eigenvalue weighted by molar-refractivity contribution is 0.102. The summed E-state index contributed by atoms with van der Waals surface area (Å²) in [5.41, 5.74) is 1.30. The molecule has 0 unspecified atom stereocenters. The van der Waals surface area contributed by atoms with E-state index >= 15 is 0 Å². The smallest absolute Gasteiger partial charge is 0.276 e. The molecule has 1 aromatic carbocycles. The Morgan fingerprint density at radius 3 is 2.65 bits per heavy atom. The van der Waals surface area contributed by atoms with Gasteiger partial charge in [0.2, 0.25) is 0 Å². The molecule has 1 amide bonds. The van der Waals surface area contributed by atoms with Gasteiger partial charge in [0.25, 0.3) is 5.91 Å². The van der Waals surface area contributed by atoms with E-state index in [1.54, 1.807) is 25.1 Å². The number of carbonyl (C=O) groups is 1. The number of nitrogens with zero attached hydrogens (tertiary/aromatic N) is 2. The lowest BCUT2D eigenvalue weighted by Gasteiger charge is -2.06. The average Bonchev–Trinajstić information content (AvgIpc) is 2.38. The molecule has 0 aliphatic heterocycles. The molecule has 0 fully saturated rings. The normalized spacial score (nSPS) is 10.2. The summed E-state index contributed by atoms with van der Waals surface area (Å²) in [6, 6.07) is 7.56. The van der Waals surface area contributed by atoms with Gasteiger partial charge in [0.05, 0.1) is 0 Å². The summed E-state index contributed by atoms with van der Waals surface area (Å²) in [6.45, 7) is 4.42. The number of hydrogen-bond donors (Lipinski definition) is 2. The Balaban J connectivity index is 2.11. The van der Waals surface area contributed by atoms with Crippen LogP contribution in [0.5, 0.6) is 0 Å². The largest absolute Gasteiger partial charge is 0.369 e. The van der Waals surface area contributed by atoms with Crippen LogP contribution in [0.25, 0.3) is 0 Å². The molecule has 0 saturated carbocycles. The summed E-state index contributed by atoms with van der Waals surface area (Å²) in [6.07, 6.45) is 0. The van der Waals surface area contributed by atoms with Crippen LogP contribution in [0, 0.1) is 12.7 Å². The van der Waals surface area contributed by atoms with Crippen molar-refractivity contribution in [1.29, 1.82) is 0 Å². The van der Waals surface area contributed by atoms with Crippen LogP contribution < -0.4 is 10.6 Å². The van der Waals surface area contributed by atoms with Crippen LogP contribution in [-0.4, -0.2) is 22.6 Å². The van der Waals surface area contributed by atoms with Crippen LogP contribution in [0.1, 0.15) is 23.0 Å². The van der Waals surface area contributed by atoms with Crippen LogP contribution >= 0.6 is 0 Å². The first-order chi connectivity index (χ1) is 9.58.